The molecule has 1 aliphatic heterocycles. The Labute approximate surface area is 194 Å². The molecule has 1 amide bonds. The third-order valence-corrected chi connectivity index (χ3v) is 7.51. The molecule has 178 valence electrons. The molecule has 1 aliphatic rings. The summed E-state index contributed by atoms with van der Waals surface area (Å²) in [6.45, 7) is 2.47. The Balaban J connectivity index is 1.60. The van der Waals surface area contributed by atoms with Gasteiger partial charge in [-0.15, -0.1) is 0 Å². The zero-order chi connectivity index (χ0) is 24.0. The maximum atomic E-state index is 12.8. The number of sulfonamides is 1. The third kappa shape index (κ3) is 5.63. The van der Waals surface area contributed by atoms with Crippen molar-refractivity contribution in [1.29, 1.82) is 0 Å². The smallest absolute Gasteiger partial charge is 0.243 e. The van der Waals surface area contributed by atoms with Gasteiger partial charge in [0.2, 0.25) is 15.9 Å². The predicted octanol–water partition coefficient (Wildman–Crippen LogP) is 2.57. The van der Waals surface area contributed by atoms with Crippen LogP contribution in [-0.2, 0) is 14.8 Å². The van der Waals surface area contributed by atoms with E-state index in [2.05, 4.69) is 10.5 Å². The minimum Gasteiger partial charge on any atom is -0.496 e. The Morgan fingerprint density at radius 1 is 1.00 bits per heavy atom. The van der Waals surface area contributed by atoms with Crippen LogP contribution in [0.25, 0.3) is 0 Å². The first kappa shape index (κ1) is 24.5. The van der Waals surface area contributed by atoms with Crippen LogP contribution < -0.4 is 19.6 Å². The van der Waals surface area contributed by atoms with Gasteiger partial charge in [-0.2, -0.15) is 9.41 Å². The van der Waals surface area contributed by atoms with Gasteiger partial charge in [-0.1, -0.05) is 17.7 Å². The van der Waals surface area contributed by atoms with Crippen molar-refractivity contribution in [1.82, 2.24) is 9.73 Å². The highest BCUT2D eigenvalue weighted by atomic mass is 32.2. The van der Waals surface area contributed by atoms with Gasteiger partial charge in [0.1, 0.15) is 5.75 Å². The van der Waals surface area contributed by atoms with Gasteiger partial charge in [0.05, 0.1) is 32.4 Å². The Morgan fingerprint density at radius 3 is 2.15 bits per heavy atom. The van der Waals surface area contributed by atoms with Crippen molar-refractivity contribution in [2.24, 2.45) is 11.0 Å². The number of amides is 1. The molecule has 2 aromatic rings. The van der Waals surface area contributed by atoms with E-state index in [1.807, 2.05) is 6.92 Å². The molecular weight excluding hydrogens is 446 g/mol. The molecule has 0 saturated carbocycles. The van der Waals surface area contributed by atoms with Gasteiger partial charge in [0, 0.05) is 30.6 Å². The fourth-order valence-corrected chi connectivity index (χ4v) is 5.10. The molecular formula is C23H29N3O6S. The summed E-state index contributed by atoms with van der Waals surface area (Å²) in [4.78, 5) is 12.8. The Morgan fingerprint density at radius 2 is 1.58 bits per heavy atom. The van der Waals surface area contributed by atoms with Crippen molar-refractivity contribution in [3.05, 3.63) is 47.5 Å². The van der Waals surface area contributed by atoms with Crippen molar-refractivity contribution in [2.45, 2.75) is 24.7 Å². The molecule has 0 aromatic heterocycles. The van der Waals surface area contributed by atoms with Crippen molar-refractivity contribution >= 4 is 22.1 Å². The molecule has 0 bridgehead atoms. The molecule has 2 aromatic carbocycles. The predicted molar refractivity (Wildman–Crippen MR) is 124 cm³/mol. The molecule has 0 unspecified atom stereocenters. The minimum atomic E-state index is -3.56. The van der Waals surface area contributed by atoms with E-state index < -0.39 is 10.0 Å². The highest BCUT2D eigenvalue weighted by molar-refractivity contribution is 7.89. The van der Waals surface area contributed by atoms with Crippen molar-refractivity contribution in [3.63, 3.8) is 0 Å². The maximum absolute atomic E-state index is 12.8. The molecule has 9 nitrogen and oxygen atoms in total. The molecule has 0 aliphatic carbocycles. The van der Waals surface area contributed by atoms with E-state index in [0.29, 0.717) is 35.7 Å². The number of methoxy groups -OCH3 is 3. The van der Waals surface area contributed by atoms with E-state index in [9.17, 15) is 13.2 Å². The Kier molecular flexibility index (Phi) is 7.93. The lowest BCUT2D eigenvalue weighted by atomic mass is 9.98. The van der Waals surface area contributed by atoms with Gasteiger partial charge in [0.25, 0.3) is 0 Å². The number of carbonyl (C=O) groups is 1. The zero-order valence-electron chi connectivity index (χ0n) is 19.2. The van der Waals surface area contributed by atoms with Crippen LogP contribution in [0.5, 0.6) is 17.2 Å². The number of benzene rings is 2. The lowest BCUT2D eigenvalue weighted by Crippen LogP contribution is -2.42. The first-order valence-corrected chi connectivity index (χ1v) is 11.9. The second kappa shape index (κ2) is 10.7. The van der Waals surface area contributed by atoms with Crippen LogP contribution in [0, 0.1) is 12.8 Å². The minimum absolute atomic E-state index is 0.252. The van der Waals surface area contributed by atoms with Crippen LogP contribution in [0.3, 0.4) is 0 Å². The quantitative estimate of drug-likeness (QED) is 0.465. The first-order valence-electron chi connectivity index (χ1n) is 10.5. The Hall–Kier alpha value is -3.11. The number of ether oxygens (including phenoxy) is 3. The molecule has 0 atom stereocenters. The van der Waals surface area contributed by atoms with Crippen molar-refractivity contribution in [3.8, 4) is 17.2 Å². The molecule has 0 radical (unpaired) electrons. The van der Waals surface area contributed by atoms with E-state index in [4.69, 9.17) is 14.2 Å². The number of hydrazone groups is 1. The van der Waals surface area contributed by atoms with Crippen LogP contribution in [0.2, 0.25) is 0 Å². The largest absolute Gasteiger partial charge is 0.496 e. The van der Waals surface area contributed by atoms with Crippen molar-refractivity contribution < 1.29 is 27.4 Å². The summed E-state index contributed by atoms with van der Waals surface area (Å²) in [6, 6.07) is 10.1. The summed E-state index contributed by atoms with van der Waals surface area (Å²) in [5.74, 6) is 0.966. The van der Waals surface area contributed by atoms with Crippen LogP contribution in [0.15, 0.2) is 46.4 Å². The van der Waals surface area contributed by atoms with E-state index in [-0.39, 0.29) is 29.8 Å². The fourth-order valence-electron chi connectivity index (χ4n) is 3.63. The van der Waals surface area contributed by atoms with Crippen LogP contribution in [0.1, 0.15) is 24.0 Å². The van der Waals surface area contributed by atoms with Crippen LogP contribution in [-0.4, -0.2) is 59.3 Å². The maximum Gasteiger partial charge on any atom is 0.243 e. The molecule has 33 heavy (non-hydrogen) atoms. The lowest BCUT2D eigenvalue weighted by Gasteiger charge is -2.30. The molecule has 1 fully saturated rings. The Bertz CT molecular complexity index is 1110. The van der Waals surface area contributed by atoms with E-state index >= 15 is 0 Å². The highest BCUT2D eigenvalue weighted by Gasteiger charge is 2.32. The lowest BCUT2D eigenvalue weighted by molar-refractivity contribution is -0.126. The fraction of sp³-hybridized carbons (Fsp3) is 0.391. The van der Waals surface area contributed by atoms with Gasteiger partial charge in [-0.3, -0.25) is 4.79 Å². The first-order chi connectivity index (χ1) is 15.8. The normalized spacial score (nSPS) is 15.4. The third-order valence-electron chi connectivity index (χ3n) is 5.60. The summed E-state index contributed by atoms with van der Waals surface area (Å²) in [7, 11) is 1.01. The van der Waals surface area contributed by atoms with Gasteiger partial charge in [-0.05, 0) is 38.0 Å². The number of nitrogens with one attached hydrogen (secondary N) is 1. The highest BCUT2D eigenvalue weighted by Crippen LogP contribution is 2.33. The summed E-state index contributed by atoms with van der Waals surface area (Å²) in [5, 5.41) is 4.05. The monoisotopic (exact) mass is 475 g/mol. The van der Waals surface area contributed by atoms with E-state index in [1.165, 1.54) is 31.8 Å². The molecule has 1 N–H and O–H groups in total. The van der Waals surface area contributed by atoms with E-state index in [1.54, 1.807) is 36.4 Å². The number of carbonyl (C=O) groups excluding carboxylic acids is 1. The van der Waals surface area contributed by atoms with Crippen molar-refractivity contribution in [2.75, 3.05) is 34.4 Å². The number of nitrogens with zero attached hydrogens (tertiary/aromatic N) is 2. The van der Waals surface area contributed by atoms with Gasteiger partial charge >= 0.3 is 0 Å². The summed E-state index contributed by atoms with van der Waals surface area (Å²) < 4.78 is 43.0. The number of aryl methyl sites for hydroxylation is 1. The van der Waals surface area contributed by atoms with Crippen LogP contribution in [0.4, 0.5) is 0 Å². The SMILES string of the molecule is COc1cc(OC)c(OC)cc1/C=N\NC(=O)C1CCN(S(=O)(=O)c2ccc(C)cc2)CC1. The number of rotatable bonds is 8. The average molecular weight is 476 g/mol. The summed E-state index contributed by atoms with van der Waals surface area (Å²) in [6.07, 6.45) is 2.31. The second-order valence-electron chi connectivity index (χ2n) is 7.67. The average Bonchev–Trinajstić information content (AvgIpc) is 2.83. The van der Waals surface area contributed by atoms with Gasteiger partial charge in [-0.25, -0.2) is 13.8 Å². The van der Waals surface area contributed by atoms with Gasteiger partial charge in [0.15, 0.2) is 11.5 Å². The topological polar surface area (TPSA) is 107 Å². The molecule has 3 rings (SSSR count). The molecule has 0 spiro atoms. The zero-order valence-corrected chi connectivity index (χ0v) is 20.0. The number of hydrogen-bond acceptors (Lipinski definition) is 7. The summed E-state index contributed by atoms with van der Waals surface area (Å²) in [5.41, 5.74) is 4.15. The van der Waals surface area contributed by atoms with Gasteiger partial charge < -0.3 is 14.2 Å². The van der Waals surface area contributed by atoms with Crippen LogP contribution >= 0.6 is 0 Å². The molecule has 1 saturated heterocycles. The van der Waals surface area contributed by atoms with E-state index in [0.717, 1.165) is 5.56 Å². The second-order valence-corrected chi connectivity index (χ2v) is 9.61. The summed E-state index contributed by atoms with van der Waals surface area (Å²) >= 11 is 0. The number of piperidine rings is 1. The molecule has 1 heterocycles. The number of hydrogen-bond donors (Lipinski definition) is 1. The standard InChI is InChI=1S/C23H29N3O6S/c1-16-5-7-19(8-6-16)33(28,29)26-11-9-17(10-12-26)23(27)25-24-15-18-13-21(31-3)22(32-4)14-20(18)30-2/h5-8,13-15,17H,9-12H2,1-4H3,(H,25,27)/b24-15-. The molecule has 10 heteroatoms.